The van der Waals surface area contributed by atoms with Gasteiger partial charge in [0.05, 0.1) is 0 Å². The third-order valence-electron chi connectivity index (χ3n) is 2.77. The molecule has 1 aliphatic carbocycles. The SMILES string of the molecule is CN(C)C1CCc2cscc2C1.Cl. The minimum absolute atomic E-state index is 0. The predicted molar refractivity (Wildman–Crippen MR) is 61.1 cm³/mol. The van der Waals surface area contributed by atoms with E-state index < -0.39 is 0 Å². The lowest BCUT2D eigenvalue weighted by Gasteiger charge is -2.28. The number of thiophene rings is 1. The second kappa shape index (κ2) is 4.45. The highest BCUT2D eigenvalue weighted by Gasteiger charge is 2.20. The number of likely N-dealkylation sites (N-methyl/N-ethyl adjacent to an activating group) is 1. The van der Waals surface area contributed by atoms with Crippen molar-refractivity contribution in [1.29, 1.82) is 0 Å². The van der Waals surface area contributed by atoms with E-state index in [1.165, 1.54) is 19.3 Å². The van der Waals surface area contributed by atoms with Crippen molar-refractivity contribution in [3.63, 3.8) is 0 Å². The topological polar surface area (TPSA) is 3.24 Å². The summed E-state index contributed by atoms with van der Waals surface area (Å²) in [6, 6.07) is 0.770. The summed E-state index contributed by atoms with van der Waals surface area (Å²) >= 11 is 1.85. The lowest BCUT2D eigenvalue weighted by Crippen LogP contribution is -2.32. The van der Waals surface area contributed by atoms with Gasteiger partial charge in [-0.25, -0.2) is 0 Å². The van der Waals surface area contributed by atoms with Gasteiger partial charge >= 0.3 is 0 Å². The zero-order valence-corrected chi connectivity index (χ0v) is 9.75. The highest BCUT2D eigenvalue weighted by Crippen LogP contribution is 2.26. The first-order chi connectivity index (χ1) is 5.77. The molecule has 1 aromatic heterocycles. The van der Waals surface area contributed by atoms with E-state index in [2.05, 4.69) is 29.8 Å². The van der Waals surface area contributed by atoms with Crippen LogP contribution in [-0.2, 0) is 12.8 Å². The monoisotopic (exact) mass is 217 g/mol. The molecule has 2 rings (SSSR count). The molecule has 0 amide bonds. The smallest absolute Gasteiger partial charge is 0.0133 e. The van der Waals surface area contributed by atoms with Crippen LogP contribution in [0.2, 0.25) is 0 Å². The molecule has 0 saturated heterocycles. The van der Waals surface area contributed by atoms with Crippen LogP contribution in [0.1, 0.15) is 17.5 Å². The Kier molecular flexibility index (Phi) is 3.77. The zero-order valence-electron chi connectivity index (χ0n) is 8.12. The number of hydrogen-bond donors (Lipinski definition) is 0. The molecule has 1 atom stereocenters. The molecule has 0 bridgehead atoms. The van der Waals surface area contributed by atoms with Gasteiger partial charge in [-0.05, 0) is 55.2 Å². The summed E-state index contributed by atoms with van der Waals surface area (Å²) in [4.78, 5) is 2.35. The minimum atomic E-state index is 0. The van der Waals surface area contributed by atoms with Gasteiger partial charge in [0.1, 0.15) is 0 Å². The summed E-state index contributed by atoms with van der Waals surface area (Å²) < 4.78 is 0. The Morgan fingerprint density at radius 1 is 1.31 bits per heavy atom. The van der Waals surface area contributed by atoms with E-state index in [4.69, 9.17) is 0 Å². The first kappa shape index (κ1) is 11.0. The lowest BCUT2D eigenvalue weighted by atomic mass is 9.91. The molecule has 13 heavy (non-hydrogen) atoms. The molecule has 1 nitrogen and oxygen atoms in total. The van der Waals surface area contributed by atoms with E-state index in [1.54, 1.807) is 11.1 Å². The quantitative estimate of drug-likeness (QED) is 0.699. The molecule has 0 fully saturated rings. The van der Waals surface area contributed by atoms with Gasteiger partial charge < -0.3 is 4.90 Å². The molecule has 1 aromatic rings. The van der Waals surface area contributed by atoms with Crippen LogP contribution in [0.5, 0.6) is 0 Å². The first-order valence-corrected chi connectivity index (χ1v) is 5.42. The molecule has 0 saturated carbocycles. The molecule has 0 spiro atoms. The Morgan fingerprint density at radius 3 is 2.69 bits per heavy atom. The predicted octanol–water partition coefficient (Wildman–Crippen LogP) is 2.59. The van der Waals surface area contributed by atoms with Gasteiger partial charge in [0.15, 0.2) is 0 Å². The Morgan fingerprint density at radius 2 is 2.00 bits per heavy atom. The standard InChI is InChI=1S/C10H15NS.ClH/c1-11(2)10-4-3-8-6-12-7-9(8)5-10;/h6-7,10H,3-5H2,1-2H3;1H. The number of hydrogen-bond acceptors (Lipinski definition) is 2. The van der Waals surface area contributed by atoms with Gasteiger partial charge in [0.2, 0.25) is 0 Å². The largest absolute Gasteiger partial charge is 0.306 e. The number of rotatable bonds is 1. The van der Waals surface area contributed by atoms with Crippen molar-refractivity contribution in [1.82, 2.24) is 4.90 Å². The second-order valence-electron chi connectivity index (χ2n) is 3.78. The van der Waals surface area contributed by atoms with Crippen molar-refractivity contribution in [2.45, 2.75) is 25.3 Å². The first-order valence-electron chi connectivity index (χ1n) is 4.47. The molecule has 3 heteroatoms. The molecule has 0 aliphatic heterocycles. The van der Waals surface area contributed by atoms with Crippen molar-refractivity contribution in [2.75, 3.05) is 14.1 Å². The van der Waals surface area contributed by atoms with Gasteiger partial charge in [0, 0.05) is 6.04 Å². The van der Waals surface area contributed by atoms with Crippen molar-refractivity contribution in [3.05, 3.63) is 21.9 Å². The van der Waals surface area contributed by atoms with Crippen LogP contribution in [0.3, 0.4) is 0 Å². The number of fused-ring (bicyclic) bond motifs is 1. The van der Waals surface area contributed by atoms with Crippen LogP contribution in [-0.4, -0.2) is 25.0 Å². The molecular formula is C10H16ClNS. The summed E-state index contributed by atoms with van der Waals surface area (Å²) in [7, 11) is 4.37. The van der Waals surface area contributed by atoms with Gasteiger partial charge in [0.25, 0.3) is 0 Å². The van der Waals surface area contributed by atoms with Gasteiger partial charge in [-0.1, -0.05) is 0 Å². The molecule has 0 radical (unpaired) electrons. The number of nitrogens with zero attached hydrogens (tertiary/aromatic N) is 1. The van der Waals surface area contributed by atoms with Crippen LogP contribution in [0, 0.1) is 0 Å². The Hall–Kier alpha value is -0.0500. The second-order valence-corrected chi connectivity index (χ2v) is 4.53. The maximum Gasteiger partial charge on any atom is 0.0133 e. The van der Waals surface area contributed by atoms with E-state index >= 15 is 0 Å². The van der Waals surface area contributed by atoms with Crippen molar-refractivity contribution < 1.29 is 0 Å². The van der Waals surface area contributed by atoms with Crippen LogP contribution < -0.4 is 0 Å². The normalized spacial score (nSPS) is 21.0. The van der Waals surface area contributed by atoms with Crippen LogP contribution in [0.25, 0.3) is 0 Å². The van der Waals surface area contributed by atoms with Crippen LogP contribution in [0.4, 0.5) is 0 Å². The van der Waals surface area contributed by atoms with Crippen LogP contribution >= 0.6 is 23.7 Å². The van der Waals surface area contributed by atoms with Gasteiger partial charge in [-0.2, -0.15) is 11.3 Å². The van der Waals surface area contributed by atoms with Crippen LogP contribution in [0.15, 0.2) is 10.8 Å². The summed E-state index contributed by atoms with van der Waals surface area (Å²) in [5.74, 6) is 0. The molecule has 0 aromatic carbocycles. The van der Waals surface area contributed by atoms with Gasteiger partial charge in [-0.15, -0.1) is 12.4 Å². The summed E-state index contributed by atoms with van der Waals surface area (Å²) in [6.07, 6.45) is 3.87. The molecule has 1 heterocycles. The fourth-order valence-corrected chi connectivity index (χ4v) is 2.78. The number of aryl methyl sites for hydroxylation is 1. The highest BCUT2D eigenvalue weighted by molar-refractivity contribution is 7.08. The van der Waals surface area contributed by atoms with Crippen molar-refractivity contribution in [3.8, 4) is 0 Å². The summed E-state index contributed by atoms with van der Waals surface area (Å²) in [6.45, 7) is 0. The Labute approximate surface area is 90.2 Å². The molecule has 0 N–H and O–H groups in total. The third-order valence-corrected chi connectivity index (χ3v) is 3.61. The maximum atomic E-state index is 2.35. The third kappa shape index (κ3) is 2.25. The fourth-order valence-electron chi connectivity index (χ4n) is 1.87. The average Bonchev–Trinajstić information content (AvgIpc) is 2.49. The molecular weight excluding hydrogens is 202 g/mol. The lowest BCUT2D eigenvalue weighted by molar-refractivity contribution is 0.268. The fraction of sp³-hybridized carbons (Fsp3) is 0.600. The van der Waals surface area contributed by atoms with E-state index in [9.17, 15) is 0 Å². The molecule has 74 valence electrons. The van der Waals surface area contributed by atoms with E-state index in [0.29, 0.717) is 0 Å². The molecule has 1 aliphatic rings. The van der Waals surface area contributed by atoms with Gasteiger partial charge in [-0.3, -0.25) is 0 Å². The van der Waals surface area contributed by atoms with E-state index in [0.717, 1.165) is 6.04 Å². The van der Waals surface area contributed by atoms with E-state index in [1.807, 2.05) is 11.3 Å². The highest BCUT2D eigenvalue weighted by atomic mass is 35.5. The maximum absolute atomic E-state index is 2.35. The summed E-state index contributed by atoms with van der Waals surface area (Å²) in [5.41, 5.74) is 3.18. The van der Waals surface area contributed by atoms with Crippen molar-refractivity contribution >= 4 is 23.7 Å². The van der Waals surface area contributed by atoms with E-state index in [-0.39, 0.29) is 12.4 Å². The minimum Gasteiger partial charge on any atom is -0.306 e. The summed E-state index contributed by atoms with van der Waals surface area (Å²) in [5, 5.41) is 4.62. The Bertz CT molecular complexity index is 270. The zero-order chi connectivity index (χ0) is 8.55. The van der Waals surface area contributed by atoms with Crippen molar-refractivity contribution in [2.24, 2.45) is 0 Å². The number of halogens is 1. The Balaban J connectivity index is 0.000000845. The molecule has 1 unspecified atom stereocenters. The average molecular weight is 218 g/mol.